The van der Waals surface area contributed by atoms with Crippen LogP contribution in [0.5, 0.6) is 0 Å². The molecule has 1 aliphatic heterocycles. The van der Waals surface area contributed by atoms with E-state index in [-0.39, 0.29) is 0 Å². The minimum Gasteiger partial charge on any atom is -0.343 e. The number of piperidine rings is 1. The van der Waals surface area contributed by atoms with E-state index in [2.05, 4.69) is 22.0 Å². The molecule has 1 fully saturated rings. The molecule has 5 heteroatoms. The van der Waals surface area contributed by atoms with Crippen LogP contribution in [-0.2, 0) is 6.54 Å². The fourth-order valence-electron chi connectivity index (χ4n) is 1.86. The van der Waals surface area contributed by atoms with Crippen LogP contribution < -0.4 is 5.73 Å². The van der Waals surface area contributed by atoms with Crippen LogP contribution in [0.2, 0.25) is 0 Å². The van der Waals surface area contributed by atoms with E-state index in [4.69, 9.17) is 10.3 Å². The minimum atomic E-state index is 0.344. The summed E-state index contributed by atoms with van der Waals surface area (Å²) in [6, 6.07) is 0.344. The van der Waals surface area contributed by atoms with Gasteiger partial charge in [0.25, 0.3) is 0 Å². The van der Waals surface area contributed by atoms with Gasteiger partial charge in [0.15, 0.2) is 5.82 Å². The van der Waals surface area contributed by atoms with Crippen LogP contribution in [-0.4, -0.2) is 34.2 Å². The Bertz CT molecular complexity index is 274. The molecule has 1 aromatic heterocycles. The first kappa shape index (κ1) is 9.61. The minimum absolute atomic E-state index is 0.344. The molecule has 0 bridgehead atoms. The van der Waals surface area contributed by atoms with Gasteiger partial charge in [0, 0.05) is 19.1 Å². The normalized spacial score (nSPS) is 29.3. The summed E-state index contributed by atoms with van der Waals surface area (Å²) in [5.41, 5.74) is 5.94. The number of nitrogens with zero attached hydrogens (tertiary/aromatic N) is 3. The number of likely N-dealkylation sites (tertiary alicyclic amines) is 1. The highest BCUT2D eigenvalue weighted by Crippen LogP contribution is 2.15. The van der Waals surface area contributed by atoms with E-state index >= 15 is 0 Å². The molecule has 1 saturated heterocycles. The van der Waals surface area contributed by atoms with E-state index in [1.165, 1.54) is 6.39 Å². The van der Waals surface area contributed by atoms with Crippen molar-refractivity contribution >= 4 is 0 Å². The molecule has 78 valence electrons. The van der Waals surface area contributed by atoms with E-state index in [1.807, 2.05) is 0 Å². The Balaban J connectivity index is 1.88. The third-order valence-corrected chi connectivity index (χ3v) is 2.83. The Kier molecular flexibility index (Phi) is 2.79. The zero-order valence-corrected chi connectivity index (χ0v) is 8.39. The molecule has 5 nitrogen and oxygen atoms in total. The Labute approximate surface area is 83.3 Å². The molecule has 2 heterocycles. The molecular weight excluding hydrogens is 180 g/mol. The summed E-state index contributed by atoms with van der Waals surface area (Å²) in [5.74, 6) is 1.31. The van der Waals surface area contributed by atoms with Gasteiger partial charge < -0.3 is 10.3 Å². The second-order valence-corrected chi connectivity index (χ2v) is 4.01. The molecule has 0 radical (unpaired) electrons. The van der Waals surface area contributed by atoms with Gasteiger partial charge in [-0.05, 0) is 12.3 Å². The summed E-state index contributed by atoms with van der Waals surface area (Å²) < 4.78 is 4.69. The lowest BCUT2D eigenvalue weighted by atomic mass is 9.95. The molecular formula is C9H16N4O. The number of hydrogen-bond donors (Lipinski definition) is 1. The van der Waals surface area contributed by atoms with Crippen molar-refractivity contribution in [2.45, 2.75) is 25.9 Å². The average Bonchev–Trinajstić information content (AvgIpc) is 2.64. The van der Waals surface area contributed by atoms with Crippen LogP contribution in [0.1, 0.15) is 19.2 Å². The van der Waals surface area contributed by atoms with Crippen LogP contribution >= 0.6 is 0 Å². The van der Waals surface area contributed by atoms with Gasteiger partial charge in [-0.3, -0.25) is 4.90 Å². The molecule has 0 aliphatic carbocycles. The van der Waals surface area contributed by atoms with Crippen LogP contribution in [0.4, 0.5) is 0 Å². The van der Waals surface area contributed by atoms with Crippen molar-refractivity contribution < 1.29 is 4.52 Å². The van der Waals surface area contributed by atoms with E-state index in [0.717, 1.165) is 31.9 Å². The summed E-state index contributed by atoms with van der Waals surface area (Å²) in [6.07, 6.45) is 2.42. The molecule has 0 amide bonds. The van der Waals surface area contributed by atoms with Gasteiger partial charge in [0.1, 0.15) is 0 Å². The maximum absolute atomic E-state index is 5.94. The summed E-state index contributed by atoms with van der Waals surface area (Å²) in [4.78, 5) is 6.32. The molecule has 1 aromatic rings. The lowest BCUT2D eigenvalue weighted by molar-refractivity contribution is 0.153. The highest BCUT2D eigenvalue weighted by molar-refractivity contribution is 4.84. The van der Waals surface area contributed by atoms with Crippen molar-refractivity contribution in [3.05, 3.63) is 12.2 Å². The third-order valence-electron chi connectivity index (χ3n) is 2.83. The van der Waals surface area contributed by atoms with Gasteiger partial charge in [-0.2, -0.15) is 4.98 Å². The van der Waals surface area contributed by atoms with Crippen molar-refractivity contribution in [3.8, 4) is 0 Å². The average molecular weight is 196 g/mol. The van der Waals surface area contributed by atoms with Gasteiger partial charge in [0.2, 0.25) is 6.39 Å². The maximum atomic E-state index is 5.94. The van der Waals surface area contributed by atoms with Gasteiger partial charge in [-0.15, -0.1) is 0 Å². The lowest BCUT2D eigenvalue weighted by Crippen LogP contribution is -2.45. The first-order chi connectivity index (χ1) is 6.75. The first-order valence-corrected chi connectivity index (χ1v) is 4.99. The fourth-order valence-corrected chi connectivity index (χ4v) is 1.86. The Morgan fingerprint density at radius 3 is 3.21 bits per heavy atom. The van der Waals surface area contributed by atoms with Crippen LogP contribution in [0, 0.1) is 5.92 Å². The van der Waals surface area contributed by atoms with Crippen LogP contribution in [0.15, 0.2) is 10.9 Å². The molecule has 2 atom stereocenters. The predicted molar refractivity (Wildman–Crippen MR) is 51.3 cm³/mol. The second-order valence-electron chi connectivity index (χ2n) is 4.01. The summed E-state index contributed by atoms with van der Waals surface area (Å²) in [5, 5.41) is 3.80. The maximum Gasteiger partial charge on any atom is 0.213 e. The quantitative estimate of drug-likeness (QED) is 0.733. The van der Waals surface area contributed by atoms with Crippen LogP contribution in [0.25, 0.3) is 0 Å². The molecule has 0 aromatic carbocycles. The zero-order valence-electron chi connectivity index (χ0n) is 8.39. The molecule has 2 rings (SSSR count). The smallest absolute Gasteiger partial charge is 0.213 e. The number of aromatic nitrogens is 2. The molecule has 0 spiro atoms. The molecule has 0 saturated carbocycles. The van der Waals surface area contributed by atoms with E-state index < -0.39 is 0 Å². The number of hydrogen-bond acceptors (Lipinski definition) is 5. The largest absolute Gasteiger partial charge is 0.343 e. The van der Waals surface area contributed by atoms with Gasteiger partial charge in [0.05, 0.1) is 6.54 Å². The van der Waals surface area contributed by atoms with Gasteiger partial charge in [-0.1, -0.05) is 12.1 Å². The Morgan fingerprint density at radius 1 is 1.71 bits per heavy atom. The van der Waals surface area contributed by atoms with Crippen molar-refractivity contribution in [1.29, 1.82) is 0 Å². The van der Waals surface area contributed by atoms with Crippen molar-refractivity contribution in [2.75, 3.05) is 13.1 Å². The fraction of sp³-hybridized carbons (Fsp3) is 0.778. The van der Waals surface area contributed by atoms with Gasteiger partial charge >= 0.3 is 0 Å². The second kappa shape index (κ2) is 4.06. The highest BCUT2D eigenvalue weighted by Gasteiger charge is 2.23. The van der Waals surface area contributed by atoms with E-state index in [1.54, 1.807) is 0 Å². The van der Waals surface area contributed by atoms with E-state index in [0.29, 0.717) is 12.0 Å². The summed E-state index contributed by atoms with van der Waals surface area (Å²) >= 11 is 0. The third kappa shape index (κ3) is 2.10. The topological polar surface area (TPSA) is 68.2 Å². The molecule has 1 aliphatic rings. The molecule has 2 N–H and O–H groups in total. The monoisotopic (exact) mass is 196 g/mol. The molecule has 2 unspecified atom stereocenters. The Morgan fingerprint density at radius 2 is 2.57 bits per heavy atom. The first-order valence-electron chi connectivity index (χ1n) is 4.99. The predicted octanol–water partition coefficient (Wildman–Crippen LogP) is 0.239. The van der Waals surface area contributed by atoms with E-state index in [9.17, 15) is 0 Å². The van der Waals surface area contributed by atoms with Crippen LogP contribution in [0.3, 0.4) is 0 Å². The lowest BCUT2D eigenvalue weighted by Gasteiger charge is -2.34. The van der Waals surface area contributed by atoms with Crippen molar-refractivity contribution in [2.24, 2.45) is 11.7 Å². The standard InChI is InChI=1S/C9H16N4O/c1-7-4-13(3-2-8(7)10)5-9-11-6-14-12-9/h6-8H,2-5,10H2,1H3. The molecule has 14 heavy (non-hydrogen) atoms. The van der Waals surface area contributed by atoms with Gasteiger partial charge in [-0.25, -0.2) is 0 Å². The number of rotatable bonds is 2. The SMILES string of the molecule is CC1CN(Cc2ncon2)CCC1N. The highest BCUT2D eigenvalue weighted by atomic mass is 16.5. The number of nitrogens with two attached hydrogens (primary N) is 1. The van der Waals surface area contributed by atoms with Crippen molar-refractivity contribution in [1.82, 2.24) is 15.0 Å². The zero-order chi connectivity index (χ0) is 9.97. The summed E-state index contributed by atoms with van der Waals surface area (Å²) in [6.45, 7) is 5.01. The Hall–Kier alpha value is -0.940. The summed E-state index contributed by atoms with van der Waals surface area (Å²) in [7, 11) is 0. The van der Waals surface area contributed by atoms with Crippen molar-refractivity contribution in [3.63, 3.8) is 0 Å².